The van der Waals surface area contributed by atoms with Crippen LogP contribution in [0.5, 0.6) is 0 Å². The summed E-state index contributed by atoms with van der Waals surface area (Å²) in [5.41, 5.74) is 1.46. The lowest BCUT2D eigenvalue weighted by atomic mass is 10.00. The summed E-state index contributed by atoms with van der Waals surface area (Å²) < 4.78 is 18.5. The fourth-order valence-corrected chi connectivity index (χ4v) is 3.89. The molecule has 0 bridgehead atoms. The van der Waals surface area contributed by atoms with Crippen LogP contribution in [0.25, 0.3) is 0 Å². The van der Waals surface area contributed by atoms with Crippen molar-refractivity contribution in [3.63, 3.8) is 0 Å². The summed E-state index contributed by atoms with van der Waals surface area (Å²) in [6, 6.07) is 5.08. The third-order valence-electron chi connectivity index (χ3n) is 5.47. The van der Waals surface area contributed by atoms with Crippen molar-refractivity contribution < 1.29 is 23.5 Å². The molecule has 0 radical (unpaired) electrons. The van der Waals surface area contributed by atoms with Gasteiger partial charge in [-0.2, -0.15) is 0 Å². The van der Waals surface area contributed by atoms with E-state index < -0.39 is 11.8 Å². The molecule has 3 rings (SSSR count). The van der Waals surface area contributed by atoms with Crippen LogP contribution in [0.3, 0.4) is 0 Å². The number of benzene rings is 1. The second-order valence-corrected chi connectivity index (χ2v) is 7.78. The molecule has 9 nitrogen and oxygen atoms in total. The van der Waals surface area contributed by atoms with Crippen LogP contribution in [0.4, 0.5) is 14.9 Å². The quantitative estimate of drug-likeness (QED) is 0.519. The van der Waals surface area contributed by atoms with E-state index in [1.165, 1.54) is 12.1 Å². The Morgan fingerprint density at radius 2 is 1.91 bits per heavy atom. The van der Waals surface area contributed by atoms with Gasteiger partial charge in [-0.15, -0.1) is 0 Å². The maximum Gasteiger partial charge on any atom is 0.337 e. The zero-order valence-electron chi connectivity index (χ0n) is 18.4. The smallest absolute Gasteiger partial charge is 0.337 e. The van der Waals surface area contributed by atoms with Crippen molar-refractivity contribution >= 4 is 23.6 Å². The average molecular weight is 448 g/mol. The largest absolute Gasteiger partial charge is 0.463 e. The van der Waals surface area contributed by atoms with Gasteiger partial charge in [-0.1, -0.05) is 13.0 Å². The molecule has 0 aromatic heterocycles. The Morgan fingerprint density at radius 3 is 2.56 bits per heavy atom. The third kappa shape index (κ3) is 6.27. The van der Waals surface area contributed by atoms with Crippen LogP contribution >= 0.6 is 0 Å². The summed E-state index contributed by atoms with van der Waals surface area (Å²) in [6.45, 7) is 7.19. The van der Waals surface area contributed by atoms with E-state index in [-0.39, 0.29) is 31.1 Å². The standard InChI is InChI=1S/C22H30FN5O4/c1-3-17-20(21(30)32-4-2)18(26-22(31)25-17)13-27-8-10-28(11-9-27)14-19(29)24-16-7-5-6-15(23)12-16/h5-7,12,17H,3-4,8-11,13-14H2,1-2H3,(H,24,29)(H2,25,26,31)/t17-/m0/s1. The fraction of sp³-hybridized carbons (Fsp3) is 0.500. The molecule has 0 spiro atoms. The molecule has 1 aromatic carbocycles. The highest BCUT2D eigenvalue weighted by molar-refractivity contribution is 5.95. The highest BCUT2D eigenvalue weighted by atomic mass is 19.1. The van der Waals surface area contributed by atoms with E-state index >= 15 is 0 Å². The maximum absolute atomic E-state index is 13.3. The van der Waals surface area contributed by atoms with Crippen LogP contribution in [0.15, 0.2) is 35.5 Å². The number of carbonyl (C=O) groups is 3. The van der Waals surface area contributed by atoms with E-state index in [1.54, 1.807) is 19.1 Å². The number of nitrogens with one attached hydrogen (secondary N) is 3. The molecule has 1 saturated heterocycles. The number of piperazine rings is 1. The third-order valence-corrected chi connectivity index (χ3v) is 5.47. The van der Waals surface area contributed by atoms with E-state index in [2.05, 4.69) is 20.9 Å². The lowest BCUT2D eigenvalue weighted by Crippen LogP contribution is -2.54. The first-order valence-corrected chi connectivity index (χ1v) is 10.9. The van der Waals surface area contributed by atoms with Gasteiger partial charge in [0.25, 0.3) is 0 Å². The van der Waals surface area contributed by atoms with Crippen LogP contribution in [0, 0.1) is 5.82 Å². The average Bonchev–Trinajstić information content (AvgIpc) is 2.74. The number of rotatable bonds is 8. The van der Waals surface area contributed by atoms with Crippen molar-refractivity contribution in [1.29, 1.82) is 0 Å². The molecular formula is C22H30FN5O4. The van der Waals surface area contributed by atoms with Gasteiger partial charge in [0.05, 0.1) is 24.8 Å². The predicted molar refractivity (Wildman–Crippen MR) is 117 cm³/mol. The van der Waals surface area contributed by atoms with Gasteiger partial charge in [0.15, 0.2) is 0 Å². The van der Waals surface area contributed by atoms with E-state index in [1.807, 2.05) is 11.8 Å². The van der Waals surface area contributed by atoms with Crippen LogP contribution in [0.2, 0.25) is 0 Å². The first-order chi connectivity index (χ1) is 15.4. The first kappa shape index (κ1) is 23.7. The molecular weight excluding hydrogens is 417 g/mol. The summed E-state index contributed by atoms with van der Waals surface area (Å²) in [4.78, 5) is 41.0. The summed E-state index contributed by atoms with van der Waals surface area (Å²) >= 11 is 0. The lowest BCUT2D eigenvalue weighted by Gasteiger charge is -2.36. The minimum Gasteiger partial charge on any atom is -0.463 e. The van der Waals surface area contributed by atoms with Crippen molar-refractivity contribution in [3.8, 4) is 0 Å². The van der Waals surface area contributed by atoms with Gasteiger partial charge in [-0.05, 0) is 31.5 Å². The number of esters is 1. The molecule has 32 heavy (non-hydrogen) atoms. The number of halogens is 1. The summed E-state index contributed by atoms with van der Waals surface area (Å²) in [5.74, 6) is -1.02. The number of hydrogen-bond donors (Lipinski definition) is 3. The van der Waals surface area contributed by atoms with Gasteiger partial charge < -0.3 is 20.7 Å². The van der Waals surface area contributed by atoms with Gasteiger partial charge in [0, 0.05) is 44.1 Å². The van der Waals surface area contributed by atoms with Gasteiger partial charge >= 0.3 is 12.0 Å². The Balaban J connectivity index is 1.56. The zero-order chi connectivity index (χ0) is 23.1. The van der Waals surface area contributed by atoms with E-state index in [0.717, 1.165) is 0 Å². The summed E-state index contributed by atoms with van der Waals surface area (Å²) in [6.07, 6.45) is 0.583. The zero-order valence-corrected chi connectivity index (χ0v) is 18.4. The Bertz CT molecular complexity index is 883. The highest BCUT2D eigenvalue weighted by Gasteiger charge is 2.32. The SMILES string of the molecule is CCOC(=O)C1=C(CN2CCN(CC(=O)Nc3cccc(F)c3)CC2)NC(=O)N[C@H]1CC. The summed E-state index contributed by atoms with van der Waals surface area (Å²) in [5, 5.41) is 8.25. The van der Waals surface area contributed by atoms with E-state index in [4.69, 9.17) is 4.74 Å². The van der Waals surface area contributed by atoms with Gasteiger partial charge in [0.1, 0.15) is 5.82 Å². The number of hydrogen-bond acceptors (Lipinski definition) is 6. The number of carbonyl (C=O) groups excluding carboxylic acids is 3. The molecule has 3 N–H and O–H groups in total. The molecule has 10 heteroatoms. The van der Waals surface area contributed by atoms with Crippen molar-refractivity contribution in [1.82, 2.24) is 20.4 Å². The molecule has 0 unspecified atom stereocenters. The Labute approximate surface area is 187 Å². The number of ether oxygens (including phenoxy) is 1. The molecule has 0 saturated carbocycles. The number of nitrogens with zero attached hydrogens (tertiary/aromatic N) is 2. The minimum atomic E-state index is -0.422. The first-order valence-electron chi connectivity index (χ1n) is 10.9. The Morgan fingerprint density at radius 1 is 1.19 bits per heavy atom. The number of amides is 3. The molecule has 1 fully saturated rings. The molecule has 2 heterocycles. The van der Waals surface area contributed by atoms with Crippen LogP contribution < -0.4 is 16.0 Å². The molecule has 1 atom stereocenters. The monoisotopic (exact) mass is 447 g/mol. The topological polar surface area (TPSA) is 103 Å². The number of anilines is 1. The highest BCUT2D eigenvalue weighted by Crippen LogP contribution is 2.18. The molecule has 174 valence electrons. The van der Waals surface area contributed by atoms with E-state index in [9.17, 15) is 18.8 Å². The van der Waals surface area contributed by atoms with E-state index in [0.29, 0.717) is 56.1 Å². The second-order valence-electron chi connectivity index (χ2n) is 7.78. The summed E-state index contributed by atoms with van der Waals surface area (Å²) in [7, 11) is 0. The van der Waals surface area contributed by atoms with Crippen LogP contribution in [-0.4, -0.2) is 79.6 Å². The maximum atomic E-state index is 13.3. The lowest BCUT2D eigenvalue weighted by molar-refractivity contribution is -0.139. The van der Waals surface area contributed by atoms with Crippen molar-refractivity contribution in [2.24, 2.45) is 0 Å². The van der Waals surface area contributed by atoms with Crippen molar-refractivity contribution in [2.45, 2.75) is 26.3 Å². The fourth-order valence-electron chi connectivity index (χ4n) is 3.89. The Kier molecular flexibility index (Phi) is 8.18. The second kappa shape index (κ2) is 11.1. The molecule has 1 aromatic rings. The number of urea groups is 1. The molecule has 2 aliphatic rings. The van der Waals surface area contributed by atoms with Crippen molar-refractivity contribution in [2.75, 3.05) is 51.2 Å². The van der Waals surface area contributed by atoms with Gasteiger partial charge in [-0.3, -0.25) is 14.6 Å². The molecule has 2 aliphatic heterocycles. The predicted octanol–water partition coefficient (Wildman–Crippen LogP) is 1.29. The van der Waals surface area contributed by atoms with Gasteiger partial charge in [-0.25, -0.2) is 14.0 Å². The normalized spacial score (nSPS) is 19.8. The Hall–Kier alpha value is -2.98. The van der Waals surface area contributed by atoms with Crippen LogP contribution in [0.1, 0.15) is 20.3 Å². The van der Waals surface area contributed by atoms with Crippen LogP contribution in [-0.2, 0) is 14.3 Å². The molecule has 0 aliphatic carbocycles. The minimum absolute atomic E-state index is 0.201. The molecule has 3 amide bonds. The van der Waals surface area contributed by atoms with Gasteiger partial charge in [0.2, 0.25) is 5.91 Å². The van der Waals surface area contributed by atoms with Crippen molar-refractivity contribution in [3.05, 3.63) is 41.4 Å².